The van der Waals surface area contributed by atoms with Crippen LogP contribution >= 0.6 is 15.9 Å². The molecule has 0 radical (unpaired) electrons. The molecule has 1 aliphatic heterocycles. The number of likely N-dealkylation sites (tertiary alicyclic amines) is 1. The van der Waals surface area contributed by atoms with Gasteiger partial charge in [0.25, 0.3) is 5.91 Å². The molecule has 1 aliphatic rings. The van der Waals surface area contributed by atoms with Gasteiger partial charge in [-0.2, -0.15) is 0 Å². The molecule has 5 nitrogen and oxygen atoms in total. The number of hydrogen-bond donors (Lipinski definition) is 2. The zero-order valence-corrected chi connectivity index (χ0v) is 13.7. The minimum atomic E-state index is -0.187. The molecule has 2 atom stereocenters. The Hall–Kier alpha value is -1.40. The van der Waals surface area contributed by atoms with E-state index in [4.69, 9.17) is 0 Å². The highest BCUT2D eigenvalue weighted by atomic mass is 79.9. The quantitative estimate of drug-likeness (QED) is 0.860. The van der Waals surface area contributed by atoms with Gasteiger partial charge in [0.2, 0.25) is 5.91 Å². The number of aryl methyl sites for hydroxylation is 1. The molecule has 1 saturated heterocycles. The van der Waals surface area contributed by atoms with E-state index in [-0.39, 0.29) is 30.4 Å². The highest BCUT2D eigenvalue weighted by molar-refractivity contribution is 9.10. The van der Waals surface area contributed by atoms with Crippen molar-refractivity contribution in [1.29, 1.82) is 0 Å². The smallest absolute Gasteiger partial charge is 0.253 e. The van der Waals surface area contributed by atoms with Gasteiger partial charge in [0.15, 0.2) is 0 Å². The van der Waals surface area contributed by atoms with Crippen LogP contribution in [-0.4, -0.2) is 47.6 Å². The summed E-state index contributed by atoms with van der Waals surface area (Å²) in [5.74, 6) is -0.335. The molecule has 0 saturated carbocycles. The molecule has 2 N–H and O–H groups in total. The number of rotatable bonds is 3. The largest absolute Gasteiger partial charge is 0.396 e. The second-order valence-corrected chi connectivity index (χ2v) is 6.28. The molecule has 0 aliphatic carbocycles. The number of benzene rings is 1. The molecule has 0 bridgehead atoms. The van der Waals surface area contributed by atoms with Crippen LogP contribution in [-0.2, 0) is 4.79 Å². The monoisotopic (exact) mass is 354 g/mol. The Morgan fingerprint density at radius 2 is 2.14 bits per heavy atom. The Kier molecular flexibility index (Phi) is 5.00. The lowest BCUT2D eigenvalue weighted by Crippen LogP contribution is -2.40. The third-order valence-corrected chi connectivity index (χ3v) is 4.65. The highest BCUT2D eigenvalue weighted by Crippen LogP contribution is 2.22. The van der Waals surface area contributed by atoms with E-state index >= 15 is 0 Å². The highest BCUT2D eigenvalue weighted by Gasteiger charge is 2.35. The number of aliphatic hydroxyl groups excluding tert-OH is 1. The van der Waals surface area contributed by atoms with Crippen LogP contribution in [0, 0.1) is 12.8 Å². The van der Waals surface area contributed by atoms with Crippen molar-refractivity contribution in [2.75, 3.05) is 19.7 Å². The number of nitrogens with zero attached hydrogens (tertiary/aromatic N) is 1. The van der Waals surface area contributed by atoms with Crippen LogP contribution in [0.2, 0.25) is 0 Å². The maximum absolute atomic E-state index is 12.5. The summed E-state index contributed by atoms with van der Waals surface area (Å²) >= 11 is 3.41. The molecule has 0 unspecified atom stereocenters. The van der Waals surface area contributed by atoms with Crippen LogP contribution in [0.3, 0.4) is 0 Å². The van der Waals surface area contributed by atoms with E-state index in [9.17, 15) is 14.7 Å². The summed E-state index contributed by atoms with van der Waals surface area (Å²) in [6.45, 7) is 4.21. The fourth-order valence-corrected chi connectivity index (χ4v) is 2.85. The van der Waals surface area contributed by atoms with Crippen molar-refractivity contribution >= 4 is 27.7 Å². The van der Waals surface area contributed by atoms with Crippen molar-refractivity contribution in [3.63, 3.8) is 0 Å². The number of hydrogen-bond acceptors (Lipinski definition) is 3. The van der Waals surface area contributed by atoms with Gasteiger partial charge in [0.1, 0.15) is 0 Å². The van der Waals surface area contributed by atoms with Gasteiger partial charge in [-0.15, -0.1) is 0 Å². The molecule has 1 aromatic carbocycles. The third kappa shape index (κ3) is 3.63. The van der Waals surface area contributed by atoms with Crippen LogP contribution in [0.1, 0.15) is 22.8 Å². The average molecular weight is 355 g/mol. The van der Waals surface area contributed by atoms with E-state index < -0.39 is 0 Å². The molecule has 6 heteroatoms. The summed E-state index contributed by atoms with van der Waals surface area (Å²) < 4.78 is 0.963. The van der Waals surface area contributed by atoms with Crippen LogP contribution in [0.25, 0.3) is 0 Å². The lowest BCUT2D eigenvalue weighted by atomic mass is 10.1. The number of carbonyl (C=O) groups excluding carboxylic acids is 2. The van der Waals surface area contributed by atoms with Crippen LogP contribution < -0.4 is 5.32 Å². The van der Waals surface area contributed by atoms with Crippen LogP contribution in [0.15, 0.2) is 22.7 Å². The molecule has 0 aromatic heterocycles. The summed E-state index contributed by atoms with van der Waals surface area (Å²) in [6.07, 6.45) is 0. The Morgan fingerprint density at radius 3 is 2.71 bits per heavy atom. The molecule has 114 valence electrons. The van der Waals surface area contributed by atoms with Gasteiger partial charge < -0.3 is 15.3 Å². The van der Waals surface area contributed by atoms with Crippen LogP contribution in [0.5, 0.6) is 0 Å². The van der Waals surface area contributed by atoms with E-state index in [0.717, 1.165) is 10.0 Å². The van der Waals surface area contributed by atoms with Gasteiger partial charge in [-0.25, -0.2) is 0 Å². The molecule has 2 amide bonds. The SMILES string of the molecule is CC(=O)N[C@@H]1CN(C(=O)c2ccc(Br)c(C)c2)C[C@H]1CO. The van der Waals surface area contributed by atoms with E-state index in [0.29, 0.717) is 18.7 Å². The number of carbonyl (C=O) groups is 2. The standard InChI is InChI=1S/C15H19BrN2O3/c1-9-5-11(3-4-13(9)16)15(21)18-6-12(8-19)14(7-18)17-10(2)20/h3-5,12,14,19H,6-8H2,1-2H3,(H,17,20)/t12-,14+/m0/s1. The third-order valence-electron chi connectivity index (χ3n) is 3.76. The summed E-state index contributed by atoms with van der Waals surface area (Å²) in [6, 6.07) is 5.28. The predicted molar refractivity (Wildman–Crippen MR) is 83.0 cm³/mol. The van der Waals surface area contributed by atoms with E-state index in [1.807, 2.05) is 19.1 Å². The van der Waals surface area contributed by atoms with E-state index in [1.54, 1.807) is 11.0 Å². The maximum atomic E-state index is 12.5. The molecular weight excluding hydrogens is 336 g/mol. The van der Waals surface area contributed by atoms with Gasteiger partial charge in [-0.3, -0.25) is 9.59 Å². The maximum Gasteiger partial charge on any atom is 0.253 e. The number of nitrogens with one attached hydrogen (secondary N) is 1. The summed E-state index contributed by atoms with van der Waals surface area (Å²) in [5.41, 5.74) is 1.62. The predicted octanol–water partition coefficient (Wildman–Crippen LogP) is 1.33. The topological polar surface area (TPSA) is 69.6 Å². The van der Waals surface area contributed by atoms with E-state index in [2.05, 4.69) is 21.2 Å². The lowest BCUT2D eigenvalue weighted by molar-refractivity contribution is -0.119. The summed E-state index contributed by atoms with van der Waals surface area (Å²) in [4.78, 5) is 25.4. The number of aliphatic hydroxyl groups is 1. The Morgan fingerprint density at radius 1 is 1.43 bits per heavy atom. The second-order valence-electron chi connectivity index (χ2n) is 5.42. The van der Waals surface area contributed by atoms with Crippen molar-refractivity contribution in [3.8, 4) is 0 Å². The van der Waals surface area contributed by atoms with Crippen LogP contribution in [0.4, 0.5) is 0 Å². The molecule has 21 heavy (non-hydrogen) atoms. The Labute approximate surface area is 132 Å². The first-order chi connectivity index (χ1) is 9.92. The molecule has 1 heterocycles. The molecule has 1 aromatic rings. The van der Waals surface area contributed by atoms with Gasteiger partial charge >= 0.3 is 0 Å². The lowest BCUT2D eigenvalue weighted by Gasteiger charge is -2.17. The minimum Gasteiger partial charge on any atom is -0.396 e. The zero-order chi connectivity index (χ0) is 15.6. The fraction of sp³-hybridized carbons (Fsp3) is 0.467. The summed E-state index contributed by atoms with van der Waals surface area (Å²) in [7, 11) is 0. The second kappa shape index (κ2) is 6.58. The molecule has 0 spiro atoms. The van der Waals surface area contributed by atoms with Crippen molar-refractivity contribution in [2.24, 2.45) is 5.92 Å². The van der Waals surface area contributed by atoms with E-state index in [1.165, 1.54) is 6.92 Å². The first-order valence-electron chi connectivity index (χ1n) is 6.85. The summed E-state index contributed by atoms with van der Waals surface area (Å²) in [5, 5.41) is 12.2. The first kappa shape index (κ1) is 16.0. The van der Waals surface area contributed by atoms with Gasteiger partial charge in [0, 0.05) is 42.6 Å². The first-order valence-corrected chi connectivity index (χ1v) is 7.65. The number of halogens is 1. The Balaban J connectivity index is 2.13. The minimum absolute atomic E-state index is 0.0475. The molecular formula is C15H19BrN2O3. The van der Waals surface area contributed by atoms with Gasteiger partial charge in [-0.1, -0.05) is 15.9 Å². The van der Waals surface area contributed by atoms with Gasteiger partial charge in [-0.05, 0) is 30.7 Å². The fourth-order valence-electron chi connectivity index (χ4n) is 2.61. The van der Waals surface area contributed by atoms with Crippen molar-refractivity contribution in [1.82, 2.24) is 10.2 Å². The molecule has 1 fully saturated rings. The normalized spacial score (nSPS) is 21.4. The zero-order valence-electron chi connectivity index (χ0n) is 12.1. The average Bonchev–Trinajstić information content (AvgIpc) is 2.83. The Bertz CT molecular complexity index is 562. The van der Waals surface area contributed by atoms with Crippen molar-refractivity contribution in [2.45, 2.75) is 19.9 Å². The van der Waals surface area contributed by atoms with Gasteiger partial charge in [0.05, 0.1) is 6.04 Å². The molecule has 2 rings (SSSR count). The van der Waals surface area contributed by atoms with Crippen molar-refractivity contribution < 1.29 is 14.7 Å². The number of amides is 2. The van der Waals surface area contributed by atoms with Crippen molar-refractivity contribution in [3.05, 3.63) is 33.8 Å².